The molecule has 4 aromatic rings. The van der Waals surface area contributed by atoms with Crippen molar-refractivity contribution in [2.24, 2.45) is 0 Å². The standard InChI is InChI=1S/C20H17N5O2S/c1-21-18(26)10-14-11-28-20(23-14)24-19(27)13-7-8-17-16(9-13)22-12-25(17)15-5-3-2-4-6-15/h2-9,11-12H,10H2,1H3,(H,21,26)(H,23,24,27). The third-order valence-electron chi connectivity index (χ3n) is 4.24. The second-order valence-electron chi connectivity index (χ2n) is 6.10. The number of amides is 2. The fourth-order valence-electron chi connectivity index (χ4n) is 2.82. The van der Waals surface area contributed by atoms with E-state index in [1.165, 1.54) is 11.3 Å². The van der Waals surface area contributed by atoms with Gasteiger partial charge in [-0.3, -0.25) is 19.5 Å². The Balaban J connectivity index is 1.53. The summed E-state index contributed by atoms with van der Waals surface area (Å²) in [6, 6.07) is 15.3. The zero-order chi connectivity index (χ0) is 19.5. The van der Waals surface area contributed by atoms with Gasteiger partial charge in [0, 0.05) is 23.7 Å². The van der Waals surface area contributed by atoms with E-state index >= 15 is 0 Å². The van der Waals surface area contributed by atoms with E-state index in [9.17, 15) is 9.59 Å². The molecule has 0 saturated heterocycles. The highest BCUT2D eigenvalue weighted by Gasteiger charge is 2.13. The normalized spacial score (nSPS) is 10.8. The summed E-state index contributed by atoms with van der Waals surface area (Å²) in [5.41, 5.74) is 3.78. The minimum Gasteiger partial charge on any atom is -0.359 e. The number of hydrogen-bond acceptors (Lipinski definition) is 5. The van der Waals surface area contributed by atoms with Crippen LogP contribution in [0.25, 0.3) is 16.7 Å². The van der Waals surface area contributed by atoms with Gasteiger partial charge in [-0.1, -0.05) is 18.2 Å². The van der Waals surface area contributed by atoms with Gasteiger partial charge in [-0.2, -0.15) is 0 Å². The summed E-state index contributed by atoms with van der Waals surface area (Å²) in [4.78, 5) is 32.7. The molecule has 0 spiro atoms. The number of nitrogens with zero attached hydrogens (tertiary/aromatic N) is 3. The molecule has 0 saturated carbocycles. The molecule has 28 heavy (non-hydrogen) atoms. The van der Waals surface area contributed by atoms with Crippen LogP contribution in [0.3, 0.4) is 0 Å². The summed E-state index contributed by atoms with van der Waals surface area (Å²) in [6.07, 6.45) is 1.93. The molecule has 2 N–H and O–H groups in total. The molecule has 2 aromatic carbocycles. The highest BCUT2D eigenvalue weighted by atomic mass is 32.1. The van der Waals surface area contributed by atoms with Gasteiger partial charge in [-0.15, -0.1) is 11.3 Å². The van der Waals surface area contributed by atoms with E-state index in [1.807, 2.05) is 41.0 Å². The smallest absolute Gasteiger partial charge is 0.257 e. The number of nitrogens with one attached hydrogen (secondary N) is 2. The second-order valence-corrected chi connectivity index (χ2v) is 6.96. The average molecular weight is 391 g/mol. The number of anilines is 1. The number of rotatable bonds is 5. The molecule has 0 fully saturated rings. The van der Waals surface area contributed by atoms with Crippen LogP contribution in [0.2, 0.25) is 0 Å². The average Bonchev–Trinajstić information content (AvgIpc) is 3.34. The molecular formula is C20H17N5O2S. The summed E-state index contributed by atoms with van der Waals surface area (Å²) in [6.45, 7) is 0. The Morgan fingerprint density at radius 3 is 2.75 bits per heavy atom. The van der Waals surface area contributed by atoms with E-state index in [4.69, 9.17) is 0 Å². The van der Waals surface area contributed by atoms with Crippen LogP contribution in [-0.2, 0) is 11.2 Å². The molecule has 7 nitrogen and oxygen atoms in total. The lowest BCUT2D eigenvalue weighted by Crippen LogP contribution is -2.20. The lowest BCUT2D eigenvalue weighted by Gasteiger charge is -2.05. The molecule has 0 unspecified atom stereocenters. The maximum absolute atomic E-state index is 12.6. The molecule has 2 amide bonds. The number of carbonyl (C=O) groups is 2. The van der Waals surface area contributed by atoms with E-state index < -0.39 is 0 Å². The Hall–Kier alpha value is -3.52. The summed E-state index contributed by atoms with van der Waals surface area (Å²) in [5.74, 6) is -0.389. The first-order valence-electron chi connectivity index (χ1n) is 8.63. The molecule has 0 aliphatic carbocycles. The molecule has 0 bridgehead atoms. The molecular weight excluding hydrogens is 374 g/mol. The molecule has 2 heterocycles. The lowest BCUT2D eigenvalue weighted by atomic mass is 10.2. The number of fused-ring (bicyclic) bond motifs is 1. The van der Waals surface area contributed by atoms with Gasteiger partial charge in [0.1, 0.15) is 6.33 Å². The number of imidazole rings is 1. The van der Waals surface area contributed by atoms with Gasteiger partial charge in [0.2, 0.25) is 5.91 Å². The largest absolute Gasteiger partial charge is 0.359 e. The van der Waals surface area contributed by atoms with E-state index in [0.717, 1.165) is 16.7 Å². The number of likely N-dealkylation sites (N-methyl/N-ethyl adjacent to an activating group) is 1. The Labute approximate surface area is 165 Å². The number of carbonyl (C=O) groups excluding carboxylic acids is 2. The summed E-state index contributed by atoms with van der Waals surface area (Å²) >= 11 is 1.29. The monoisotopic (exact) mass is 391 g/mol. The topological polar surface area (TPSA) is 88.9 Å². The Morgan fingerprint density at radius 1 is 1.14 bits per heavy atom. The highest BCUT2D eigenvalue weighted by molar-refractivity contribution is 7.14. The van der Waals surface area contributed by atoms with Crippen molar-refractivity contribution in [3.63, 3.8) is 0 Å². The van der Waals surface area contributed by atoms with Crippen LogP contribution in [0.15, 0.2) is 60.2 Å². The summed E-state index contributed by atoms with van der Waals surface area (Å²) < 4.78 is 1.98. The van der Waals surface area contributed by atoms with E-state index in [1.54, 1.807) is 30.9 Å². The fraction of sp³-hybridized carbons (Fsp3) is 0.100. The first kappa shape index (κ1) is 17.9. The van der Waals surface area contributed by atoms with Crippen molar-refractivity contribution in [3.05, 3.63) is 71.5 Å². The predicted octanol–water partition coefficient (Wildman–Crippen LogP) is 3.02. The highest BCUT2D eigenvalue weighted by Crippen LogP contribution is 2.21. The number of para-hydroxylation sites is 1. The summed E-state index contributed by atoms with van der Waals surface area (Å²) in [5, 5.41) is 7.54. The molecule has 8 heteroatoms. The van der Waals surface area contributed by atoms with Crippen LogP contribution in [0, 0.1) is 0 Å². The van der Waals surface area contributed by atoms with Crippen molar-refractivity contribution in [3.8, 4) is 5.69 Å². The zero-order valence-corrected chi connectivity index (χ0v) is 15.9. The van der Waals surface area contributed by atoms with Crippen LogP contribution in [0.4, 0.5) is 5.13 Å². The second kappa shape index (κ2) is 7.61. The van der Waals surface area contributed by atoms with Crippen LogP contribution in [0.5, 0.6) is 0 Å². The summed E-state index contributed by atoms with van der Waals surface area (Å²) in [7, 11) is 1.58. The van der Waals surface area contributed by atoms with Crippen LogP contribution in [0.1, 0.15) is 16.1 Å². The van der Waals surface area contributed by atoms with Crippen LogP contribution in [-0.4, -0.2) is 33.4 Å². The van der Waals surface area contributed by atoms with Crippen molar-refractivity contribution in [2.45, 2.75) is 6.42 Å². The number of thiazole rings is 1. The van der Waals surface area contributed by atoms with Crippen molar-refractivity contribution >= 4 is 39.3 Å². The molecule has 2 aromatic heterocycles. The molecule has 140 valence electrons. The van der Waals surface area contributed by atoms with Gasteiger partial charge in [0.15, 0.2) is 5.13 Å². The van der Waals surface area contributed by atoms with E-state index in [0.29, 0.717) is 16.4 Å². The van der Waals surface area contributed by atoms with Crippen LogP contribution >= 0.6 is 11.3 Å². The first-order valence-corrected chi connectivity index (χ1v) is 9.51. The molecule has 0 radical (unpaired) electrons. The fourth-order valence-corrected chi connectivity index (χ4v) is 3.52. The lowest BCUT2D eigenvalue weighted by molar-refractivity contribution is -0.120. The number of benzene rings is 2. The third-order valence-corrected chi connectivity index (χ3v) is 5.04. The van der Waals surface area contributed by atoms with Crippen molar-refractivity contribution in [2.75, 3.05) is 12.4 Å². The minimum atomic E-state index is -0.267. The van der Waals surface area contributed by atoms with Crippen molar-refractivity contribution < 1.29 is 9.59 Å². The van der Waals surface area contributed by atoms with Gasteiger partial charge in [-0.05, 0) is 30.3 Å². The van der Waals surface area contributed by atoms with Gasteiger partial charge >= 0.3 is 0 Å². The Bertz CT molecular complexity index is 1150. The van der Waals surface area contributed by atoms with Gasteiger partial charge in [0.05, 0.1) is 23.1 Å². The SMILES string of the molecule is CNC(=O)Cc1csc(NC(=O)c2ccc3c(c2)ncn3-c2ccccc2)n1. The molecule has 0 atom stereocenters. The quantitative estimate of drug-likeness (QED) is 0.547. The predicted molar refractivity (Wildman–Crippen MR) is 109 cm³/mol. The minimum absolute atomic E-state index is 0.123. The Kier molecular flexibility index (Phi) is 4.86. The van der Waals surface area contributed by atoms with Crippen molar-refractivity contribution in [1.82, 2.24) is 19.9 Å². The maximum atomic E-state index is 12.6. The third kappa shape index (κ3) is 3.63. The number of aromatic nitrogens is 3. The van der Waals surface area contributed by atoms with Gasteiger partial charge in [-0.25, -0.2) is 9.97 Å². The molecule has 4 rings (SSSR count). The number of hydrogen-bond donors (Lipinski definition) is 2. The van der Waals surface area contributed by atoms with Crippen LogP contribution < -0.4 is 10.6 Å². The van der Waals surface area contributed by atoms with E-state index in [2.05, 4.69) is 20.6 Å². The van der Waals surface area contributed by atoms with E-state index in [-0.39, 0.29) is 18.2 Å². The van der Waals surface area contributed by atoms with Gasteiger partial charge in [0.25, 0.3) is 5.91 Å². The molecule has 0 aliphatic rings. The van der Waals surface area contributed by atoms with Crippen molar-refractivity contribution in [1.29, 1.82) is 0 Å². The maximum Gasteiger partial charge on any atom is 0.257 e. The van der Waals surface area contributed by atoms with Gasteiger partial charge < -0.3 is 5.32 Å². The Morgan fingerprint density at radius 2 is 1.96 bits per heavy atom. The zero-order valence-electron chi connectivity index (χ0n) is 15.0. The molecule has 0 aliphatic heterocycles. The first-order chi connectivity index (χ1) is 13.6.